The minimum atomic E-state index is -0.592. The van der Waals surface area contributed by atoms with Crippen molar-refractivity contribution in [3.8, 4) is 0 Å². The number of ether oxygens (including phenoxy) is 3. The Morgan fingerprint density at radius 2 is 1.32 bits per heavy atom. The second kappa shape index (κ2) is 20.1. The van der Waals surface area contributed by atoms with E-state index in [0.29, 0.717) is 41.1 Å². The first-order valence-electron chi connectivity index (χ1n) is 23.1. The highest BCUT2D eigenvalue weighted by molar-refractivity contribution is 6.20. The van der Waals surface area contributed by atoms with Crippen molar-refractivity contribution in [3.63, 3.8) is 0 Å². The van der Waals surface area contributed by atoms with Gasteiger partial charge in [0.1, 0.15) is 34.4 Å². The minimum Gasteiger partial charge on any atom is -0.608 e. The number of carbonyl (C=O) groups excluding carboxylic acids is 2. The molecular formula is C55H59N7O6+2. The fraction of sp³-hybridized carbons (Fsp3) is 0.309. The minimum absolute atomic E-state index is 0.0104. The van der Waals surface area contributed by atoms with Gasteiger partial charge in [0.05, 0.1) is 57.7 Å². The summed E-state index contributed by atoms with van der Waals surface area (Å²) in [4.78, 5) is 43.5. The first kappa shape index (κ1) is 47.0. The van der Waals surface area contributed by atoms with Crippen LogP contribution in [0.3, 0.4) is 0 Å². The molecule has 3 aromatic rings. The number of nitrogens with one attached hydrogen (secondary N) is 1. The molecule has 1 N–H and O–H groups in total. The molecule has 5 aliphatic rings. The summed E-state index contributed by atoms with van der Waals surface area (Å²) in [5, 5.41) is 18.5. The molecule has 0 amide bonds. The lowest BCUT2D eigenvalue weighted by Gasteiger charge is -2.23. The van der Waals surface area contributed by atoms with Gasteiger partial charge in [0.15, 0.2) is 37.2 Å². The van der Waals surface area contributed by atoms with E-state index in [1.807, 2.05) is 147 Å². The largest absolute Gasteiger partial charge is 0.608 e. The average Bonchev–Trinajstić information content (AvgIpc) is 4.00. The number of esters is 2. The Hall–Kier alpha value is -7.54. The maximum atomic E-state index is 14.7. The number of aromatic nitrogens is 3. The van der Waals surface area contributed by atoms with Gasteiger partial charge in [0, 0.05) is 76.7 Å². The zero-order valence-electron chi connectivity index (χ0n) is 40.2. The summed E-state index contributed by atoms with van der Waals surface area (Å²) >= 11 is 0. The van der Waals surface area contributed by atoms with E-state index in [0.717, 1.165) is 67.5 Å². The van der Waals surface area contributed by atoms with Crippen LogP contribution in [0.2, 0.25) is 0 Å². The lowest BCUT2D eigenvalue weighted by atomic mass is 9.84. The van der Waals surface area contributed by atoms with Crippen LogP contribution in [0.1, 0.15) is 77.0 Å². The second-order valence-corrected chi connectivity index (χ2v) is 17.9. The van der Waals surface area contributed by atoms with Gasteiger partial charge in [-0.25, -0.2) is 28.7 Å². The number of nitrogens with zero attached hydrogens (tertiary/aromatic N) is 6. The van der Waals surface area contributed by atoms with E-state index in [4.69, 9.17) is 29.2 Å². The van der Waals surface area contributed by atoms with Gasteiger partial charge >= 0.3 is 11.9 Å². The molecule has 5 aliphatic heterocycles. The molecule has 0 unspecified atom stereocenters. The molecular weight excluding hydrogens is 855 g/mol. The molecule has 0 aromatic carbocycles. The highest BCUT2D eigenvalue weighted by Crippen LogP contribution is 2.43. The number of fused-ring (bicyclic) bond motifs is 5. The molecule has 8 heterocycles. The van der Waals surface area contributed by atoms with Crippen LogP contribution in [0.4, 0.5) is 0 Å². The number of carbonyl (C=O) groups is 2. The molecule has 348 valence electrons. The summed E-state index contributed by atoms with van der Waals surface area (Å²) in [7, 11) is 5.73. The van der Waals surface area contributed by atoms with Crippen molar-refractivity contribution in [1.29, 1.82) is 0 Å². The Balaban J connectivity index is 1.30. The van der Waals surface area contributed by atoms with Crippen LogP contribution in [-0.4, -0.2) is 29.1 Å². The van der Waals surface area contributed by atoms with Crippen LogP contribution in [-0.2, 0) is 64.8 Å². The van der Waals surface area contributed by atoms with Gasteiger partial charge in [-0.05, 0) is 92.3 Å². The predicted molar refractivity (Wildman–Crippen MR) is 256 cm³/mol. The lowest BCUT2D eigenvalue weighted by molar-refractivity contribution is -0.672. The van der Waals surface area contributed by atoms with Crippen molar-refractivity contribution in [1.82, 2.24) is 5.32 Å². The van der Waals surface area contributed by atoms with E-state index >= 15 is 0 Å². The molecule has 1 saturated heterocycles. The predicted octanol–water partition coefficient (Wildman–Crippen LogP) is 6.55. The Morgan fingerprint density at radius 1 is 0.750 bits per heavy atom. The van der Waals surface area contributed by atoms with Gasteiger partial charge in [0.25, 0.3) is 0 Å². The van der Waals surface area contributed by atoms with Gasteiger partial charge in [-0.1, -0.05) is 26.5 Å². The van der Waals surface area contributed by atoms with Gasteiger partial charge in [0.2, 0.25) is 0 Å². The molecule has 0 aliphatic carbocycles. The Morgan fingerprint density at radius 3 is 1.91 bits per heavy atom. The third kappa shape index (κ3) is 10.1. The molecule has 8 bridgehead atoms. The molecule has 3 aromatic heterocycles. The fourth-order valence-electron chi connectivity index (χ4n) is 9.32. The van der Waals surface area contributed by atoms with Crippen molar-refractivity contribution < 1.29 is 42.6 Å². The SMILES string of the molecule is C=CC1=C(C)C2=NC1=CC1=NC(=CC3=C(C)C(=C([O-])OCc4ccc[n+](C)c4)C(=N3)C(CC(=O)OCc3ccc[n+](C)c3)=C3NC(=C2)[C@@H](C)[C@@H]3CCC(=O)OCc2ccc[n+](C)c2)C(CC)=C1C. The number of rotatable bonds is 14. The van der Waals surface area contributed by atoms with Gasteiger partial charge < -0.3 is 24.6 Å². The van der Waals surface area contributed by atoms with Crippen molar-refractivity contribution >= 4 is 29.1 Å². The normalized spacial score (nSPS) is 19.5. The molecule has 1 fully saturated rings. The Kier molecular flexibility index (Phi) is 13.9. The molecule has 8 rings (SSSR count). The highest BCUT2D eigenvalue weighted by atomic mass is 16.6. The first-order chi connectivity index (χ1) is 32.7. The Bertz CT molecular complexity index is 2990. The third-order valence-electron chi connectivity index (χ3n) is 13.0. The van der Waals surface area contributed by atoms with E-state index in [2.05, 4.69) is 32.7 Å². The van der Waals surface area contributed by atoms with Crippen molar-refractivity contribution in [3.05, 3.63) is 195 Å². The number of hydrogen-bond acceptors (Lipinski definition) is 10. The van der Waals surface area contributed by atoms with E-state index in [1.165, 1.54) is 0 Å². The van der Waals surface area contributed by atoms with Crippen LogP contribution in [0.5, 0.6) is 0 Å². The summed E-state index contributed by atoms with van der Waals surface area (Å²) in [6.45, 7) is 14.4. The highest BCUT2D eigenvalue weighted by Gasteiger charge is 2.39. The monoisotopic (exact) mass is 913 g/mol. The molecule has 13 nitrogen and oxygen atoms in total. The van der Waals surface area contributed by atoms with Crippen LogP contribution >= 0.6 is 0 Å². The lowest BCUT2D eigenvalue weighted by Crippen LogP contribution is -2.27. The summed E-state index contributed by atoms with van der Waals surface area (Å²) in [5.74, 6) is -2.04. The smallest absolute Gasteiger partial charge is 0.310 e. The molecule has 13 heteroatoms. The quantitative estimate of drug-likeness (QED) is 0.110. The maximum absolute atomic E-state index is 14.7. The molecule has 0 spiro atoms. The zero-order valence-corrected chi connectivity index (χ0v) is 40.2. The van der Waals surface area contributed by atoms with Crippen LogP contribution in [0, 0.1) is 11.8 Å². The number of pyridine rings is 3. The number of hydrogen-bond donors (Lipinski definition) is 1. The molecule has 2 atom stereocenters. The molecule has 0 saturated carbocycles. The topological polar surface area (TPSA) is 146 Å². The van der Waals surface area contributed by atoms with E-state index < -0.39 is 11.9 Å². The number of aryl methyl sites for hydroxylation is 3. The van der Waals surface area contributed by atoms with E-state index in [9.17, 15) is 14.7 Å². The summed E-state index contributed by atoms with van der Waals surface area (Å²) < 4.78 is 23.6. The number of allylic oxidation sites excluding steroid dienone is 11. The summed E-state index contributed by atoms with van der Waals surface area (Å²) in [6, 6.07) is 11.4. The summed E-state index contributed by atoms with van der Waals surface area (Å²) in [6.07, 6.45) is 20.1. The third-order valence-corrected chi connectivity index (χ3v) is 13.0. The van der Waals surface area contributed by atoms with Gasteiger partial charge in [-0.2, -0.15) is 0 Å². The maximum Gasteiger partial charge on any atom is 0.310 e. The standard InChI is InChI=1S/C55H59N7O6/c1-10-40-33(3)44-24-46-35(5)42(18-19-50(63)66-30-37-15-12-20-60(7)27-37)53(58-46)43(23-51(64)67-31-38-16-13-21-61(8)28-38)54-52(55(65)68-32-39-17-14-22-62(9)29-39)36(6)47(59-54)26-49-41(11-2)34(4)45(57-49)25-48(40)56-44/h10,12-17,20-22,24-29,35,42H,1,11,18-19,23,30-32H2,2-9H3,(H-,56,57,58,59,65)/q+2/t35-,42-/m0/s1. The number of aliphatic imine (C=N–C) groups is 3. The van der Waals surface area contributed by atoms with E-state index in [1.54, 1.807) is 0 Å². The van der Waals surface area contributed by atoms with Crippen molar-refractivity contribution in [2.45, 2.75) is 80.1 Å². The Labute approximate surface area is 398 Å². The van der Waals surface area contributed by atoms with Crippen LogP contribution in [0.15, 0.2) is 193 Å². The van der Waals surface area contributed by atoms with Gasteiger partial charge in [-0.3, -0.25) is 9.59 Å². The van der Waals surface area contributed by atoms with Gasteiger partial charge in [-0.15, -0.1) is 0 Å². The molecule has 68 heavy (non-hydrogen) atoms. The van der Waals surface area contributed by atoms with Crippen molar-refractivity contribution in [2.24, 2.45) is 48.0 Å². The second-order valence-electron chi connectivity index (χ2n) is 17.9. The van der Waals surface area contributed by atoms with Crippen LogP contribution < -0.4 is 24.1 Å². The summed E-state index contributed by atoms with van der Waals surface area (Å²) in [5.41, 5.74) is 12.9. The first-order valence-corrected chi connectivity index (χ1v) is 23.1. The van der Waals surface area contributed by atoms with E-state index in [-0.39, 0.29) is 56.0 Å². The fourth-order valence-corrected chi connectivity index (χ4v) is 9.32. The zero-order chi connectivity index (χ0) is 48.2. The molecule has 0 radical (unpaired) electrons. The van der Waals surface area contributed by atoms with Crippen molar-refractivity contribution in [2.75, 3.05) is 0 Å². The average molecular weight is 914 g/mol. The van der Waals surface area contributed by atoms with Crippen LogP contribution in [0.25, 0.3) is 0 Å².